The monoisotopic (exact) mass is 226 g/mol. The van der Waals surface area contributed by atoms with Crippen LogP contribution in [-0.2, 0) is 4.74 Å². The van der Waals surface area contributed by atoms with Crippen LogP contribution < -0.4 is 0 Å². The maximum absolute atomic E-state index is 11.6. The molecule has 0 spiro atoms. The quantitative estimate of drug-likeness (QED) is 0.585. The fraction of sp³-hybridized carbons (Fsp3) is 0.417. The molecule has 0 bridgehead atoms. The summed E-state index contributed by atoms with van der Waals surface area (Å²) in [5.41, 5.74) is 2.67. The molecule has 0 saturated carbocycles. The Balaban J connectivity index is 2.78. The first-order valence-electron chi connectivity index (χ1n) is 4.89. The van der Waals surface area contributed by atoms with E-state index >= 15 is 0 Å². The van der Waals surface area contributed by atoms with Crippen molar-refractivity contribution in [2.75, 3.05) is 6.61 Å². The standard InChI is InChI=1S/C12H15ClO2/c1-8-5-4-6-11(10(8)3)12(14)15-7-9(2)13/h4-6,9H,7H2,1-3H3. The number of esters is 1. The molecule has 0 saturated heterocycles. The molecule has 0 aliphatic carbocycles. The van der Waals surface area contributed by atoms with Crippen LogP contribution in [0.2, 0.25) is 0 Å². The zero-order valence-corrected chi connectivity index (χ0v) is 9.97. The Bertz CT molecular complexity index is 359. The molecule has 0 aromatic heterocycles. The van der Waals surface area contributed by atoms with Gasteiger partial charge in [0.15, 0.2) is 0 Å². The van der Waals surface area contributed by atoms with E-state index in [0.29, 0.717) is 5.56 Å². The number of hydrogen-bond donors (Lipinski definition) is 0. The summed E-state index contributed by atoms with van der Waals surface area (Å²) in [5, 5.41) is -0.154. The first kappa shape index (κ1) is 12.1. The Hall–Kier alpha value is -1.02. The Morgan fingerprint density at radius 2 is 2.13 bits per heavy atom. The van der Waals surface area contributed by atoms with Crippen molar-refractivity contribution < 1.29 is 9.53 Å². The predicted molar refractivity (Wildman–Crippen MR) is 61.5 cm³/mol. The lowest BCUT2D eigenvalue weighted by molar-refractivity contribution is 0.0507. The Morgan fingerprint density at radius 3 is 2.73 bits per heavy atom. The topological polar surface area (TPSA) is 26.3 Å². The minimum atomic E-state index is -0.302. The number of carbonyl (C=O) groups excluding carboxylic acids is 1. The third-order valence-electron chi connectivity index (χ3n) is 2.27. The zero-order chi connectivity index (χ0) is 11.4. The van der Waals surface area contributed by atoms with E-state index in [-0.39, 0.29) is 18.0 Å². The number of carbonyl (C=O) groups is 1. The highest BCUT2D eigenvalue weighted by atomic mass is 35.5. The first-order valence-corrected chi connectivity index (χ1v) is 5.33. The van der Waals surface area contributed by atoms with Crippen molar-refractivity contribution in [2.45, 2.75) is 26.1 Å². The lowest BCUT2D eigenvalue weighted by Gasteiger charge is -2.09. The van der Waals surface area contributed by atoms with Gasteiger partial charge in [0.25, 0.3) is 0 Å². The smallest absolute Gasteiger partial charge is 0.338 e. The van der Waals surface area contributed by atoms with Crippen molar-refractivity contribution in [1.29, 1.82) is 0 Å². The molecular formula is C12H15ClO2. The molecule has 0 N–H and O–H groups in total. The maximum atomic E-state index is 11.6. The Morgan fingerprint density at radius 1 is 1.47 bits per heavy atom. The molecule has 1 unspecified atom stereocenters. The van der Waals surface area contributed by atoms with E-state index in [1.165, 1.54) is 0 Å². The van der Waals surface area contributed by atoms with E-state index in [1.807, 2.05) is 26.0 Å². The van der Waals surface area contributed by atoms with E-state index in [1.54, 1.807) is 13.0 Å². The zero-order valence-electron chi connectivity index (χ0n) is 9.21. The fourth-order valence-electron chi connectivity index (χ4n) is 1.24. The summed E-state index contributed by atoms with van der Waals surface area (Å²) >= 11 is 5.70. The summed E-state index contributed by atoms with van der Waals surface area (Å²) in [4.78, 5) is 11.6. The van der Waals surface area contributed by atoms with Crippen LogP contribution in [0.4, 0.5) is 0 Å². The van der Waals surface area contributed by atoms with Crippen LogP contribution in [-0.4, -0.2) is 18.0 Å². The highest BCUT2D eigenvalue weighted by Gasteiger charge is 2.12. The van der Waals surface area contributed by atoms with Crippen LogP contribution in [0.5, 0.6) is 0 Å². The molecule has 1 aromatic rings. The fourth-order valence-corrected chi connectivity index (χ4v) is 1.30. The summed E-state index contributed by atoms with van der Waals surface area (Å²) in [6, 6.07) is 5.59. The van der Waals surface area contributed by atoms with Gasteiger partial charge in [-0.1, -0.05) is 12.1 Å². The van der Waals surface area contributed by atoms with Crippen molar-refractivity contribution >= 4 is 17.6 Å². The van der Waals surface area contributed by atoms with Crippen LogP contribution in [0.3, 0.4) is 0 Å². The minimum Gasteiger partial charge on any atom is -0.461 e. The van der Waals surface area contributed by atoms with Gasteiger partial charge in [-0.3, -0.25) is 0 Å². The number of alkyl halides is 1. The third-order valence-corrected chi connectivity index (χ3v) is 2.39. The summed E-state index contributed by atoms with van der Waals surface area (Å²) in [5.74, 6) is -0.302. The average Bonchev–Trinajstić information content (AvgIpc) is 2.18. The van der Waals surface area contributed by atoms with Gasteiger partial charge < -0.3 is 4.74 Å². The Labute approximate surface area is 95.2 Å². The molecular weight excluding hydrogens is 212 g/mol. The van der Waals surface area contributed by atoms with Crippen LogP contribution in [0, 0.1) is 13.8 Å². The van der Waals surface area contributed by atoms with Crippen molar-refractivity contribution in [3.63, 3.8) is 0 Å². The normalized spacial score (nSPS) is 12.3. The molecule has 0 aliphatic heterocycles. The van der Waals surface area contributed by atoms with Gasteiger partial charge in [-0.05, 0) is 38.0 Å². The lowest BCUT2D eigenvalue weighted by atomic mass is 10.0. The third kappa shape index (κ3) is 3.24. The number of aryl methyl sites for hydroxylation is 1. The van der Waals surface area contributed by atoms with E-state index in [2.05, 4.69) is 0 Å². The van der Waals surface area contributed by atoms with Gasteiger partial charge in [-0.2, -0.15) is 0 Å². The predicted octanol–water partition coefficient (Wildman–Crippen LogP) is 3.09. The number of halogens is 1. The molecule has 3 heteroatoms. The summed E-state index contributed by atoms with van der Waals surface area (Å²) < 4.78 is 5.05. The van der Waals surface area contributed by atoms with E-state index < -0.39 is 0 Å². The van der Waals surface area contributed by atoms with Crippen LogP contribution in [0.1, 0.15) is 28.4 Å². The molecule has 1 atom stereocenters. The van der Waals surface area contributed by atoms with Crippen LogP contribution in [0.15, 0.2) is 18.2 Å². The molecule has 82 valence electrons. The van der Waals surface area contributed by atoms with Crippen molar-refractivity contribution in [1.82, 2.24) is 0 Å². The number of hydrogen-bond acceptors (Lipinski definition) is 2. The Kier molecular flexibility index (Phi) is 4.15. The van der Waals surface area contributed by atoms with Gasteiger partial charge in [0.1, 0.15) is 6.61 Å². The second kappa shape index (κ2) is 5.17. The molecule has 1 rings (SSSR count). The highest BCUT2D eigenvalue weighted by molar-refractivity contribution is 6.20. The minimum absolute atomic E-state index is 0.154. The number of rotatable bonds is 3. The summed E-state index contributed by atoms with van der Waals surface area (Å²) in [6.07, 6.45) is 0. The highest BCUT2D eigenvalue weighted by Crippen LogP contribution is 2.14. The van der Waals surface area contributed by atoms with E-state index in [9.17, 15) is 4.79 Å². The summed E-state index contributed by atoms with van der Waals surface area (Å²) in [7, 11) is 0. The summed E-state index contributed by atoms with van der Waals surface area (Å²) in [6.45, 7) is 5.91. The molecule has 0 amide bonds. The second-order valence-corrected chi connectivity index (χ2v) is 4.37. The number of ether oxygens (including phenoxy) is 1. The molecule has 0 aliphatic rings. The maximum Gasteiger partial charge on any atom is 0.338 e. The van der Waals surface area contributed by atoms with Gasteiger partial charge >= 0.3 is 5.97 Å². The van der Waals surface area contributed by atoms with Gasteiger partial charge in [-0.15, -0.1) is 11.6 Å². The van der Waals surface area contributed by atoms with Crippen molar-refractivity contribution in [3.8, 4) is 0 Å². The van der Waals surface area contributed by atoms with E-state index in [4.69, 9.17) is 16.3 Å². The molecule has 15 heavy (non-hydrogen) atoms. The molecule has 1 aromatic carbocycles. The first-order chi connectivity index (χ1) is 7.02. The lowest BCUT2D eigenvalue weighted by Crippen LogP contribution is -2.13. The SMILES string of the molecule is Cc1cccc(C(=O)OCC(C)Cl)c1C. The largest absolute Gasteiger partial charge is 0.461 e. The van der Waals surface area contributed by atoms with Gasteiger partial charge in [0.05, 0.1) is 10.9 Å². The van der Waals surface area contributed by atoms with Gasteiger partial charge in [0.2, 0.25) is 0 Å². The molecule has 0 radical (unpaired) electrons. The van der Waals surface area contributed by atoms with Crippen molar-refractivity contribution in [3.05, 3.63) is 34.9 Å². The second-order valence-electron chi connectivity index (χ2n) is 3.63. The molecule has 2 nitrogen and oxygen atoms in total. The number of benzene rings is 1. The molecule has 0 fully saturated rings. The van der Waals surface area contributed by atoms with Crippen LogP contribution >= 0.6 is 11.6 Å². The molecule has 0 heterocycles. The van der Waals surface area contributed by atoms with Gasteiger partial charge in [0, 0.05) is 0 Å². The van der Waals surface area contributed by atoms with Crippen LogP contribution in [0.25, 0.3) is 0 Å². The average molecular weight is 227 g/mol. The van der Waals surface area contributed by atoms with Crippen molar-refractivity contribution in [2.24, 2.45) is 0 Å². The van der Waals surface area contributed by atoms with Gasteiger partial charge in [-0.25, -0.2) is 4.79 Å². The van der Waals surface area contributed by atoms with E-state index in [0.717, 1.165) is 11.1 Å².